The molecule has 144 valence electrons. The molecule has 9 heteroatoms. The van der Waals surface area contributed by atoms with E-state index in [9.17, 15) is 13.2 Å². The monoisotopic (exact) mass is 413 g/mol. The number of fused-ring (bicyclic) bond motifs is 2. The van der Waals surface area contributed by atoms with E-state index in [1.54, 1.807) is 35.0 Å². The van der Waals surface area contributed by atoms with Crippen LogP contribution in [0.2, 0.25) is 5.02 Å². The highest BCUT2D eigenvalue weighted by Gasteiger charge is 2.19. The highest BCUT2D eigenvalue weighted by Crippen LogP contribution is 2.32. The van der Waals surface area contributed by atoms with Crippen LogP contribution in [0.4, 0.5) is 13.2 Å². The van der Waals surface area contributed by atoms with Crippen LogP contribution in [0.3, 0.4) is 0 Å². The van der Waals surface area contributed by atoms with Gasteiger partial charge < -0.3 is 0 Å². The molecule has 0 saturated heterocycles. The minimum Gasteiger partial charge on any atom is -0.277 e. The van der Waals surface area contributed by atoms with Crippen LogP contribution < -0.4 is 0 Å². The molecule has 0 fully saturated rings. The predicted octanol–water partition coefficient (Wildman–Crippen LogP) is 5.69. The molecule has 0 spiro atoms. The normalized spacial score (nSPS) is 11.8. The molecule has 5 nitrogen and oxygen atoms in total. The number of H-pyrrole nitrogens is 1. The molecule has 0 radical (unpaired) electrons. The molecule has 3 aromatic heterocycles. The summed E-state index contributed by atoms with van der Waals surface area (Å²) < 4.78 is 41.6. The first-order chi connectivity index (χ1) is 14.0. The summed E-state index contributed by atoms with van der Waals surface area (Å²) in [5.74, 6) is 0.0372. The van der Waals surface area contributed by atoms with Crippen molar-refractivity contribution in [1.29, 1.82) is 0 Å². The van der Waals surface area contributed by atoms with Gasteiger partial charge in [-0.25, -0.2) is 23.1 Å². The minimum absolute atomic E-state index is 0.251. The lowest BCUT2D eigenvalue weighted by atomic mass is 10.2. The van der Waals surface area contributed by atoms with Gasteiger partial charge in [-0.15, -0.1) is 0 Å². The van der Waals surface area contributed by atoms with E-state index < -0.39 is 12.2 Å². The molecular formula is C20H11ClF3N5. The van der Waals surface area contributed by atoms with Crippen molar-refractivity contribution in [3.8, 4) is 17.1 Å². The van der Waals surface area contributed by atoms with E-state index >= 15 is 0 Å². The van der Waals surface area contributed by atoms with Gasteiger partial charge in [0, 0.05) is 10.9 Å². The van der Waals surface area contributed by atoms with Crippen molar-refractivity contribution in [3.63, 3.8) is 0 Å². The van der Waals surface area contributed by atoms with Gasteiger partial charge in [0.2, 0.25) is 0 Å². The van der Waals surface area contributed by atoms with Crippen molar-refractivity contribution in [2.75, 3.05) is 0 Å². The molecule has 0 atom stereocenters. The van der Waals surface area contributed by atoms with Gasteiger partial charge in [-0.1, -0.05) is 11.6 Å². The first-order valence-electron chi connectivity index (χ1n) is 8.58. The predicted molar refractivity (Wildman–Crippen MR) is 104 cm³/mol. The maximum absolute atomic E-state index is 13.4. The quantitative estimate of drug-likeness (QED) is 0.413. The molecule has 29 heavy (non-hydrogen) atoms. The van der Waals surface area contributed by atoms with E-state index in [1.807, 2.05) is 0 Å². The summed E-state index contributed by atoms with van der Waals surface area (Å²) in [6.07, 6.45) is -1.11. The molecule has 0 saturated carbocycles. The molecule has 5 aromatic rings. The van der Waals surface area contributed by atoms with E-state index in [0.29, 0.717) is 33.1 Å². The van der Waals surface area contributed by atoms with Crippen LogP contribution in [0.5, 0.6) is 0 Å². The third-order valence-corrected chi connectivity index (χ3v) is 4.89. The zero-order valence-corrected chi connectivity index (χ0v) is 15.3. The molecule has 1 N–H and O–H groups in total. The van der Waals surface area contributed by atoms with Gasteiger partial charge >= 0.3 is 0 Å². The highest BCUT2D eigenvalue weighted by atomic mass is 35.5. The number of nitrogens with one attached hydrogen (secondary N) is 1. The topological polar surface area (TPSA) is 59.4 Å². The number of halogens is 4. The number of alkyl halides is 2. The zero-order valence-electron chi connectivity index (χ0n) is 14.6. The summed E-state index contributed by atoms with van der Waals surface area (Å²) in [6, 6.07) is 12.0. The van der Waals surface area contributed by atoms with E-state index in [4.69, 9.17) is 11.6 Å². The van der Waals surface area contributed by atoms with E-state index in [1.165, 1.54) is 24.3 Å². The van der Waals surface area contributed by atoms with Gasteiger partial charge in [-0.3, -0.25) is 9.67 Å². The number of aromatic amines is 1. The van der Waals surface area contributed by atoms with Gasteiger partial charge in [0.05, 0.1) is 22.4 Å². The van der Waals surface area contributed by atoms with Crippen LogP contribution in [-0.2, 0) is 0 Å². The summed E-state index contributed by atoms with van der Waals surface area (Å²) in [6.45, 7) is 0. The number of benzene rings is 2. The highest BCUT2D eigenvalue weighted by molar-refractivity contribution is 6.35. The van der Waals surface area contributed by atoms with Crippen molar-refractivity contribution in [2.45, 2.75) is 6.43 Å². The third-order valence-electron chi connectivity index (χ3n) is 4.60. The van der Waals surface area contributed by atoms with E-state index in [-0.39, 0.29) is 11.3 Å². The van der Waals surface area contributed by atoms with Crippen molar-refractivity contribution in [2.24, 2.45) is 0 Å². The summed E-state index contributed by atoms with van der Waals surface area (Å²) in [5.41, 5.74) is 2.15. The lowest BCUT2D eigenvalue weighted by molar-refractivity contribution is 0.146. The lowest BCUT2D eigenvalue weighted by Gasteiger charge is -2.10. The standard InChI is InChI=1S/C20H11ClF3N5/c21-14-8-13(7-11-9-25-28-17(11)14)29-19(10-1-3-12(22)4-2-10)27-16-6-5-15(18(23)24)26-20(16)29/h1-9,18H,(H,25,28). The third kappa shape index (κ3) is 2.92. The second kappa shape index (κ2) is 6.59. The molecule has 0 aliphatic carbocycles. The van der Waals surface area contributed by atoms with Crippen molar-refractivity contribution in [3.05, 3.63) is 71.3 Å². The number of nitrogens with zero attached hydrogens (tertiary/aromatic N) is 4. The Morgan fingerprint density at radius 3 is 2.55 bits per heavy atom. The average Bonchev–Trinajstić information content (AvgIpc) is 3.32. The molecule has 0 bridgehead atoms. The summed E-state index contributed by atoms with van der Waals surface area (Å²) in [5, 5.41) is 7.94. The van der Waals surface area contributed by atoms with Gasteiger partial charge in [0.1, 0.15) is 22.9 Å². The Hall–Kier alpha value is -3.39. The van der Waals surface area contributed by atoms with Crippen LogP contribution in [0.25, 0.3) is 39.1 Å². The first-order valence-corrected chi connectivity index (χ1v) is 8.95. The molecule has 0 aliphatic rings. The Morgan fingerprint density at radius 1 is 1.00 bits per heavy atom. The second-order valence-corrected chi connectivity index (χ2v) is 6.83. The number of rotatable bonds is 3. The van der Waals surface area contributed by atoms with Gasteiger partial charge in [0.25, 0.3) is 6.43 Å². The van der Waals surface area contributed by atoms with Crippen molar-refractivity contribution in [1.82, 2.24) is 24.7 Å². The minimum atomic E-state index is -2.73. The fourth-order valence-electron chi connectivity index (χ4n) is 3.26. The Morgan fingerprint density at radius 2 is 1.79 bits per heavy atom. The molecule has 3 heterocycles. The molecule has 5 rings (SSSR count). The number of imidazole rings is 1. The first kappa shape index (κ1) is 17.7. The second-order valence-electron chi connectivity index (χ2n) is 6.42. The molecule has 0 aliphatic heterocycles. The van der Waals surface area contributed by atoms with Crippen LogP contribution in [0.1, 0.15) is 12.1 Å². The Balaban J connectivity index is 1.85. The molecule has 0 unspecified atom stereocenters. The molecule has 0 amide bonds. The number of aromatic nitrogens is 5. The number of hydrogen-bond donors (Lipinski definition) is 1. The Bertz CT molecular complexity index is 1360. The lowest BCUT2D eigenvalue weighted by Crippen LogP contribution is -2.00. The fraction of sp³-hybridized carbons (Fsp3) is 0.0500. The average molecular weight is 414 g/mol. The summed E-state index contributed by atoms with van der Waals surface area (Å²) >= 11 is 6.38. The van der Waals surface area contributed by atoms with Gasteiger partial charge in [0.15, 0.2) is 5.65 Å². The van der Waals surface area contributed by atoms with Crippen LogP contribution in [0.15, 0.2) is 54.7 Å². The molecule has 2 aromatic carbocycles. The SMILES string of the molecule is Fc1ccc(-c2nc3ccc(C(F)F)nc3n2-c2cc(Cl)c3[nH]ncc3c2)cc1. The maximum Gasteiger partial charge on any atom is 0.280 e. The van der Waals surface area contributed by atoms with Gasteiger partial charge in [-0.2, -0.15) is 5.10 Å². The maximum atomic E-state index is 13.4. The largest absolute Gasteiger partial charge is 0.280 e. The van der Waals surface area contributed by atoms with Crippen LogP contribution in [0, 0.1) is 5.82 Å². The van der Waals surface area contributed by atoms with Crippen LogP contribution >= 0.6 is 11.6 Å². The van der Waals surface area contributed by atoms with E-state index in [2.05, 4.69) is 20.2 Å². The van der Waals surface area contributed by atoms with Gasteiger partial charge in [-0.05, 0) is 48.5 Å². The van der Waals surface area contributed by atoms with Crippen LogP contribution in [-0.4, -0.2) is 24.7 Å². The Kier molecular flexibility index (Phi) is 4.02. The zero-order chi connectivity index (χ0) is 20.1. The fourth-order valence-corrected chi connectivity index (χ4v) is 3.52. The Labute approximate surface area is 166 Å². The number of pyridine rings is 1. The summed E-state index contributed by atoms with van der Waals surface area (Å²) in [4.78, 5) is 8.68. The number of hydrogen-bond acceptors (Lipinski definition) is 3. The summed E-state index contributed by atoms with van der Waals surface area (Å²) in [7, 11) is 0. The molecular weight excluding hydrogens is 403 g/mol. The van der Waals surface area contributed by atoms with Crippen molar-refractivity contribution < 1.29 is 13.2 Å². The smallest absolute Gasteiger partial charge is 0.277 e. The van der Waals surface area contributed by atoms with Crippen molar-refractivity contribution >= 4 is 33.7 Å². The van der Waals surface area contributed by atoms with E-state index in [0.717, 1.165) is 5.39 Å².